The van der Waals surface area contributed by atoms with Crippen molar-refractivity contribution in [2.24, 2.45) is 0 Å². The molecule has 3 aromatic rings. The molecule has 2 aromatic carbocycles. The largest absolute Gasteiger partial charge is 0.497 e. The Kier molecular flexibility index (Phi) is 6.54. The molecule has 28 heavy (non-hydrogen) atoms. The minimum absolute atomic E-state index is 0.158. The van der Waals surface area contributed by atoms with Crippen LogP contribution in [0.4, 0.5) is 0 Å². The van der Waals surface area contributed by atoms with Crippen LogP contribution in [-0.4, -0.2) is 45.3 Å². The quantitative estimate of drug-likeness (QED) is 0.432. The first kappa shape index (κ1) is 19.8. The summed E-state index contributed by atoms with van der Waals surface area (Å²) in [4.78, 5) is 11.2. The molecule has 0 atom stereocenters. The van der Waals surface area contributed by atoms with Crippen molar-refractivity contribution in [3.8, 4) is 22.9 Å². The van der Waals surface area contributed by atoms with Crippen molar-refractivity contribution in [1.29, 1.82) is 0 Å². The lowest BCUT2D eigenvalue weighted by Crippen LogP contribution is -2.07. The first-order chi connectivity index (χ1) is 13.6. The Morgan fingerprint density at radius 3 is 2.57 bits per heavy atom. The molecule has 0 radical (unpaired) electrons. The highest BCUT2D eigenvalue weighted by Crippen LogP contribution is 2.26. The molecule has 146 valence electrons. The molecule has 0 spiro atoms. The molecular weight excluding hydrogens is 378 g/mol. The fraction of sp³-hybridized carbons (Fsp3) is 0.250. The number of nitrogens with zero attached hydrogens (tertiary/aromatic N) is 3. The molecule has 3 rings (SSSR count). The summed E-state index contributed by atoms with van der Waals surface area (Å²) in [6.07, 6.45) is 0. The van der Waals surface area contributed by atoms with Crippen LogP contribution in [0.2, 0.25) is 0 Å². The van der Waals surface area contributed by atoms with Gasteiger partial charge in [0.2, 0.25) is 0 Å². The number of carbonyl (C=O) groups is 1. The molecule has 0 fully saturated rings. The minimum Gasteiger partial charge on any atom is -0.497 e. The summed E-state index contributed by atoms with van der Waals surface area (Å²) < 4.78 is 12.9. The van der Waals surface area contributed by atoms with Gasteiger partial charge in [0.25, 0.3) is 0 Å². The van der Waals surface area contributed by atoms with Gasteiger partial charge in [-0.15, -0.1) is 10.2 Å². The number of ether oxygens (including phenoxy) is 2. The second-order valence-corrected chi connectivity index (χ2v) is 6.84. The SMILES string of the molecule is CCn1c(SCCOc2ccccc2C(=O)O)nnc1-c1ccc(OC)cc1. The smallest absolute Gasteiger partial charge is 0.339 e. The second kappa shape index (κ2) is 9.27. The molecular formula is C20H21N3O4S. The molecule has 0 saturated carbocycles. The fourth-order valence-electron chi connectivity index (χ4n) is 2.69. The third kappa shape index (κ3) is 4.45. The van der Waals surface area contributed by atoms with E-state index >= 15 is 0 Å². The van der Waals surface area contributed by atoms with Crippen molar-refractivity contribution in [3.05, 3.63) is 54.1 Å². The van der Waals surface area contributed by atoms with E-state index in [0.717, 1.165) is 28.8 Å². The van der Waals surface area contributed by atoms with Crippen LogP contribution < -0.4 is 9.47 Å². The van der Waals surface area contributed by atoms with Gasteiger partial charge in [-0.05, 0) is 43.3 Å². The predicted octanol–water partition coefficient (Wildman–Crippen LogP) is 3.84. The van der Waals surface area contributed by atoms with Crippen LogP contribution in [-0.2, 0) is 6.54 Å². The monoisotopic (exact) mass is 399 g/mol. The van der Waals surface area contributed by atoms with E-state index in [-0.39, 0.29) is 5.56 Å². The van der Waals surface area contributed by atoms with Gasteiger partial charge in [-0.1, -0.05) is 23.9 Å². The van der Waals surface area contributed by atoms with Crippen molar-refractivity contribution in [1.82, 2.24) is 14.8 Å². The van der Waals surface area contributed by atoms with Gasteiger partial charge in [0.05, 0.1) is 13.7 Å². The number of rotatable bonds is 9. The zero-order valence-electron chi connectivity index (χ0n) is 15.7. The van der Waals surface area contributed by atoms with Crippen LogP contribution >= 0.6 is 11.8 Å². The van der Waals surface area contributed by atoms with E-state index in [9.17, 15) is 9.90 Å². The first-order valence-corrected chi connectivity index (χ1v) is 9.78. The summed E-state index contributed by atoms with van der Waals surface area (Å²) in [7, 11) is 1.63. The van der Waals surface area contributed by atoms with E-state index in [1.807, 2.05) is 35.8 Å². The highest BCUT2D eigenvalue weighted by molar-refractivity contribution is 7.99. The normalized spacial score (nSPS) is 10.6. The summed E-state index contributed by atoms with van der Waals surface area (Å²) in [5, 5.41) is 18.6. The third-order valence-electron chi connectivity index (χ3n) is 4.07. The zero-order valence-corrected chi connectivity index (χ0v) is 16.5. The van der Waals surface area contributed by atoms with E-state index in [4.69, 9.17) is 9.47 Å². The van der Waals surface area contributed by atoms with Gasteiger partial charge in [0, 0.05) is 17.9 Å². The molecule has 1 aromatic heterocycles. The maximum atomic E-state index is 11.2. The topological polar surface area (TPSA) is 86.5 Å². The predicted molar refractivity (Wildman–Crippen MR) is 107 cm³/mol. The van der Waals surface area contributed by atoms with Gasteiger partial charge in [0.1, 0.15) is 17.1 Å². The number of aromatic carboxylic acids is 1. The van der Waals surface area contributed by atoms with Gasteiger partial charge in [-0.2, -0.15) is 0 Å². The Labute approximate surface area is 167 Å². The van der Waals surface area contributed by atoms with E-state index in [1.165, 1.54) is 17.8 Å². The average Bonchev–Trinajstić information content (AvgIpc) is 3.14. The molecule has 0 saturated heterocycles. The number of benzene rings is 2. The second-order valence-electron chi connectivity index (χ2n) is 5.78. The van der Waals surface area contributed by atoms with E-state index in [1.54, 1.807) is 25.3 Å². The molecule has 0 aliphatic carbocycles. The number of hydrogen-bond donors (Lipinski definition) is 1. The standard InChI is InChI=1S/C20H21N3O4S/c1-3-23-18(14-8-10-15(26-2)11-9-14)21-22-20(23)28-13-12-27-17-7-5-4-6-16(17)19(24)25/h4-11H,3,12-13H2,1-2H3,(H,24,25). The van der Waals surface area contributed by atoms with Crippen molar-refractivity contribution in [2.45, 2.75) is 18.6 Å². The Morgan fingerprint density at radius 1 is 1.14 bits per heavy atom. The van der Waals surface area contributed by atoms with E-state index in [2.05, 4.69) is 10.2 Å². The summed E-state index contributed by atoms with van der Waals surface area (Å²) >= 11 is 1.52. The molecule has 7 nitrogen and oxygen atoms in total. The maximum Gasteiger partial charge on any atom is 0.339 e. The highest BCUT2D eigenvalue weighted by atomic mass is 32.2. The van der Waals surface area contributed by atoms with Crippen LogP contribution in [0.3, 0.4) is 0 Å². The number of hydrogen-bond acceptors (Lipinski definition) is 6. The first-order valence-electron chi connectivity index (χ1n) is 8.79. The average molecular weight is 399 g/mol. The molecule has 0 amide bonds. The lowest BCUT2D eigenvalue weighted by molar-refractivity contribution is 0.0692. The fourth-order valence-corrected chi connectivity index (χ4v) is 3.51. The summed E-state index contributed by atoms with van der Waals surface area (Å²) in [6, 6.07) is 14.3. The van der Waals surface area contributed by atoms with Gasteiger partial charge < -0.3 is 19.1 Å². The van der Waals surface area contributed by atoms with Gasteiger partial charge in [-0.3, -0.25) is 0 Å². The van der Waals surface area contributed by atoms with E-state index < -0.39 is 5.97 Å². The highest BCUT2D eigenvalue weighted by Gasteiger charge is 2.14. The Morgan fingerprint density at radius 2 is 1.89 bits per heavy atom. The Hall–Kier alpha value is -3.00. The Balaban J connectivity index is 1.64. The Bertz CT molecular complexity index is 941. The lowest BCUT2D eigenvalue weighted by Gasteiger charge is -2.10. The third-order valence-corrected chi connectivity index (χ3v) is 5.00. The number of carboxylic acids is 1. The van der Waals surface area contributed by atoms with Gasteiger partial charge in [-0.25, -0.2) is 4.79 Å². The number of para-hydroxylation sites is 1. The van der Waals surface area contributed by atoms with Crippen LogP contribution in [0.15, 0.2) is 53.7 Å². The van der Waals surface area contributed by atoms with Gasteiger partial charge >= 0.3 is 5.97 Å². The molecule has 0 aliphatic heterocycles. The molecule has 8 heteroatoms. The van der Waals surface area contributed by atoms with Gasteiger partial charge in [0.15, 0.2) is 11.0 Å². The van der Waals surface area contributed by atoms with Crippen molar-refractivity contribution >= 4 is 17.7 Å². The minimum atomic E-state index is -1.00. The van der Waals surface area contributed by atoms with E-state index in [0.29, 0.717) is 18.1 Å². The van der Waals surface area contributed by atoms with Crippen LogP contribution in [0.1, 0.15) is 17.3 Å². The number of thioether (sulfide) groups is 1. The summed E-state index contributed by atoms with van der Waals surface area (Å²) in [5.74, 6) is 1.57. The van der Waals surface area contributed by atoms with Crippen LogP contribution in [0, 0.1) is 0 Å². The molecule has 1 N–H and O–H groups in total. The van der Waals surface area contributed by atoms with Crippen LogP contribution in [0.25, 0.3) is 11.4 Å². The molecule has 0 bridgehead atoms. The van der Waals surface area contributed by atoms with Crippen molar-refractivity contribution in [2.75, 3.05) is 19.5 Å². The number of carboxylic acid groups (broad SMARTS) is 1. The summed E-state index contributed by atoms with van der Waals surface area (Å²) in [6.45, 7) is 3.14. The lowest BCUT2D eigenvalue weighted by atomic mass is 10.2. The molecule has 0 unspecified atom stereocenters. The number of methoxy groups -OCH3 is 1. The van der Waals surface area contributed by atoms with Crippen molar-refractivity contribution in [3.63, 3.8) is 0 Å². The maximum absolute atomic E-state index is 11.2. The summed E-state index contributed by atoms with van der Waals surface area (Å²) in [5.41, 5.74) is 1.12. The molecule has 1 heterocycles. The number of aromatic nitrogens is 3. The zero-order chi connectivity index (χ0) is 19.9. The van der Waals surface area contributed by atoms with Crippen LogP contribution in [0.5, 0.6) is 11.5 Å². The molecule has 0 aliphatic rings. The van der Waals surface area contributed by atoms with Crippen molar-refractivity contribution < 1.29 is 19.4 Å².